The monoisotopic (exact) mass is 406 g/mol. The Balaban J connectivity index is 1.95. The zero-order valence-electron chi connectivity index (χ0n) is 16.3. The number of hydrogen-bond acceptors (Lipinski definition) is 7. The molecule has 1 N–H and O–H groups in total. The lowest BCUT2D eigenvalue weighted by atomic mass is 9.95. The first-order valence-electron chi connectivity index (χ1n) is 9.00. The van der Waals surface area contributed by atoms with Crippen LogP contribution in [0.1, 0.15) is 23.0 Å². The maximum absolute atomic E-state index is 12.7. The first-order chi connectivity index (χ1) is 14.4. The highest BCUT2D eigenvalue weighted by Gasteiger charge is 2.35. The number of ether oxygens (including phenoxy) is 1. The zero-order chi connectivity index (χ0) is 21.8. The molecule has 152 valence electrons. The molecule has 0 fully saturated rings. The molecule has 0 saturated heterocycles. The number of rotatable bonds is 5. The molecule has 2 aromatic rings. The second-order valence-electron chi connectivity index (χ2n) is 6.43. The quantitative estimate of drug-likeness (QED) is 0.459. The van der Waals surface area contributed by atoms with Gasteiger partial charge in [-0.05, 0) is 42.8 Å². The minimum atomic E-state index is -0.725. The van der Waals surface area contributed by atoms with Gasteiger partial charge in [0.25, 0.3) is 11.8 Å². The number of β-amino-alcohol motifs (C(OH)–C–C–N with tert-alkyl or cyclic N) is 1. The molecule has 8 nitrogen and oxygen atoms in total. The number of esters is 1. The normalized spacial score (nSPS) is 15.5. The molecule has 8 heteroatoms. The van der Waals surface area contributed by atoms with Gasteiger partial charge in [-0.15, -0.1) is 0 Å². The van der Waals surface area contributed by atoms with Crippen molar-refractivity contribution < 1.29 is 28.6 Å². The number of aliphatic hydroxyl groups is 1. The molecule has 0 radical (unpaired) electrons. The first kappa shape index (κ1) is 20.8. The Morgan fingerprint density at radius 3 is 2.50 bits per heavy atom. The summed E-state index contributed by atoms with van der Waals surface area (Å²) >= 11 is 0. The number of carbonyl (C=O) groups excluding carboxylic acids is 3. The number of amides is 2. The fraction of sp³-hybridized carbons (Fsp3) is 0.182. The van der Waals surface area contributed by atoms with Crippen molar-refractivity contribution in [3.63, 3.8) is 0 Å². The fourth-order valence-electron chi connectivity index (χ4n) is 3.05. The SMILES string of the molecule is COC(=O)c1ccc(-c2ccc(C=C3C(=O)N(CCO)C(=O)C(C#N)=C3C)o2)cc1. The third-order valence-corrected chi connectivity index (χ3v) is 4.65. The summed E-state index contributed by atoms with van der Waals surface area (Å²) in [6.45, 7) is 0.907. The number of methoxy groups -OCH3 is 1. The molecule has 3 rings (SSSR count). The maximum Gasteiger partial charge on any atom is 0.337 e. The standard InChI is InChI=1S/C22H18N2O6/c1-13-17(20(26)24(9-10-25)21(27)18(13)12-23)11-16-7-8-19(30-16)14-3-5-15(6-4-14)22(28)29-2/h3-8,11,25H,9-10H2,1-2H3. The molecule has 1 aliphatic heterocycles. The number of hydrogen-bond donors (Lipinski definition) is 1. The zero-order valence-corrected chi connectivity index (χ0v) is 16.3. The van der Waals surface area contributed by atoms with Crippen molar-refractivity contribution in [3.8, 4) is 17.4 Å². The summed E-state index contributed by atoms with van der Waals surface area (Å²) in [5.41, 5.74) is 1.36. The number of carbonyl (C=O) groups is 3. The van der Waals surface area contributed by atoms with Crippen molar-refractivity contribution in [2.24, 2.45) is 0 Å². The third kappa shape index (κ3) is 3.79. The lowest BCUT2D eigenvalue weighted by Gasteiger charge is -2.26. The van der Waals surface area contributed by atoms with Gasteiger partial charge in [-0.3, -0.25) is 14.5 Å². The van der Waals surface area contributed by atoms with E-state index in [-0.39, 0.29) is 23.3 Å². The van der Waals surface area contributed by atoms with Gasteiger partial charge in [-0.1, -0.05) is 12.1 Å². The highest BCUT2D eigenvalue weighted by Crippen LogP contribution is 2.29. The van der Waals surface area contributed by atoms with Crippen LogP contribution >= 0.6 is 0 Å². The van der Waals surface area contributed by atoms with Gasteiger partial charge in [-0.25, -0.2) is 4.79 Å². The van der Waals surface area contributed by atoms with Gasteiger partial charge in [0.15, 0.2) is 0 Å². The van der Waals surface area contributed by atoms with E-state index in [1.165, 1.54) is 20.1 Å². The molecule has 0 unspecified atom stereocenters. The molecule has 0 saturated carbocycles. The minimum Gasteiger partial charge on any atom is -0.465 e. The summed E-state index contributed by atoms with van der Waals surface area (Å²) in [6.07, 6.45) is 1.46. The summed E-state index contributed by atoms with van der Waals surface area (Å²) in [6, 6.07) is 11.8. The number of imide groups is 1. The lowest BCUT2D eigenvalue weighted by molar-refractivity contribution is -0.141. The molecule has 0 spiro atoms. The van der Waals surface area contributed by atoms with E-state index in [9.17, 15) is 19.6 Å². The van der Waals surface area contributed by atoms with Crippen molar-refractivity contribution in [3.05, 3.63) is 64.4 Å². The van der Waals surface area contributed by atoms with Crippen LogP contribution in [0.15, 0.2) is 57.5 Å². The Morgan fingerprint density at radius 2 is 1.90 bits per heavy atom. The average molecular weight is 406 g/mol. The summed E-state index contributed by atoms with van der Waals surface area (Å²) in [5, 5.41) is 18.4. The number of furan rings is 1. The van der Waals surface area contributed by atoms with E-state index in [1.807, 2.05) is 6.07 Å². The van der Waals surface area contributed by atoms with E-state index in [0.29, 0.717) is 22.6 Å². The lowest BCUT2D eigenvalue weighted by Crippen LogP contribution is -2.44. The highest BCUT2D eigenvalue weighted by atomic mass is 16.5. The minimum absolute atomic E-state index is 0.140. The van der Waals surface area contributed by atoms with Crippen molar-refractivity contribution in [2.75, 3.05) is 20.3 Å². The molecular formula is C22H18N2O6. The molecule has 0 atom stereocenters. The van der Waals surface area contributed by atoms with Crippen LogP contribution in [0.3, 0.4) is 0 Å². The van der Waals surface area contributed by atoms with Gasteiger partial charge in [0.05, 0.1) is 25.8 Å². The van der Waals surface area contributed by atoms with E-state index in [2.05, 4.69) is 4.74 Å². The molecule has 1 aromatic carbocycles. The van der Waals surface area contributed by atoms with Gasteiger partial charge in [0.2, 0.25) is 0 Å². The van der Waals surface area contributed by atoms with Crippen LogP contribution in [0.2, 0.25) is 0 Å². The number of nitriles is 1. The number of nitrogens with zero attached hydrogens (tertiary/aromatic N) is 2. The molecule has 1 aliphatic rings. The topological polar surface area (TPSA) is 121 Å². The first-order valence-corrected chi connectivity index (χ1v) is 9.00. The van der Waals surface area contributed by atoms with Crippen molar-refractivity contribution in [1.29, 1.82) is 5.26 Å². The van der Waals surface area contributed by atoms with Gasteiger partial charge < -0.3 is 14.3 Å². The Morgan fingerprint density at radius 1 is 1.20 bits per heavy atom. The largest absolute Gasteiger partial charge is 0.465 e. The van der Waals surface area contributed by atoms with Gasteiger partial charge >= 0.3 is 5.97 Å². The molecule has 0 bridgehead atoms. The highest BCUT2D eigenvalue weighted by molar-refractivity contribution is 6.19. The smallest absolute Gasteiger partial charge is 0.337 e. The Labute approximate surface area is 172 Å². The summed E-state index contributed by atoms with van der Waals surface area (Å²) < 4.78 is 10.5. The van der Waals surface area contributed by atoms with Crippen LogP contribution in [0.4, 0.5) is 0 Å². The molecule has 2 heterocycles. The van der Waals surface area contributed by atoms with Crippen LogP contribution in [0, 0.1) is 11.3 Å². The predicted molar refractivity (Wildman–Crippen MR) is 106 cm³/mol. The number of benzene rings is 1. The summed E-state index contributed by atoms with van der Waals surface area (Å²) in [5.74, 6) is -0.921. The summed E-state index contributed by atoms with van der Waals surface area (Å²) in [7, 11) is 1.30. The van der Waals surface area contributed by atoms with E-state index in [0.717, 1.165) is 4.90 Å². The van der Waals surface area contributed by atoms with Crippen molar-refractivity contribution in [1.82, 2.24) is 4.90 Å². The number of aliphatic hydroxyl groups excluding tert-OH is 1. The van der Waals surface area contributed by atoms with Crippen LogP contribution in [-0.4, -0.2) is 48.1 Å². The summed E-state index contributed by atoms with van der Waals surface area (Å²) in [4.78, 5) is 37.4. The molecule has 1 aromatic heterocycles. The third-order valence-electron chi connectivity index (χ3n) is 4.65. The molecule has 0 aliphatic carbocycles. The van der Waals surface area contributed by atoms with Crippen molar-refractivity contribution >= 4 is 23.9 Å². The van der Waals surface area contributed by atoms with Gasteiger partial charge in [0.1, 0.15) is 23.2 Å². The molecule has 2 amide bonds. The van der Waals surface area contributed by atoms with Crippen LogP contribution in [-0.2, 0) is 14.3 Å². The predicted octanol–water partition coefficient (Wildman–Crippen LogP) is 2.32. The Kier molecular flexibility index (Phi) is 5.95. The van der Waals surface area contributed by atoms with Gasteiger partial charge in [-0.2, -0.15) is 5.26 Å². The Bertz CT molecular complexity index is 1120. The maximum atomic E-state index is 12.7. The second-order valence-corrected chi connectivity index (χ2v) is 6.43. The fourth-order valence-corrected chi connectivity index (χ4v) is 3.05. The average Bonchev–Trinajstić information content (AvgIpc) is 3.23. The molecule has 30 heavy (non-hydrogen) atoms. The van der Waals surface area contributed by atoms with E-state index >= 15 is 0 Å². The van der Waals surface area contributed by atoms with Crippen LogP contribution in [0.25, 0.3) is 17.4 Å². The second kappa shape index (κ2) is 8.59. The van der Waals surface area contributed by atoms with Crippen LogP contribution in [0.5, 0.6) is 0 Å². The van der Waals surface area contributed by atoms with E-state index < -0.39 is 24.4 Å². The Hall–Kier alpha value is -3.96. The van der Waals surface area contributed by atoms with Gasteiger partial charge in [0, 0.05) is 11.1 Å². The van der Waals surface area contributed by atoms with E-state index in [4.69, 9.17) is 9.52 Å². The molecular weight excluding hydrogens is 388 g/mol. The van der Waals surface area contributed by atoms with Crippen LogP contribution < -0.4 is 0 Å². The van der Waals surface area contributed by atoms with E-state index in [1.54, 1.807) is 36.4 Å². The van der Waals surface area contributed by atoms with Crippen molar-refractivity contribution in [2.45, 2.75) is 6.92 Å².